The van der Waals surface area contributed by atoms with Crippen molar-refractivity contribution in [2.75, 3.05) is 13.1 Å². The molecular formula is C33H29ClN2O4. The molecule has 7 heteroatoms. The topological polar surface area (TPSA) is 83.6 Å². The predicted octanol–water partition coefficient (Wildman–Crippen LogP) is 7.75. The number of oxazole rings is 1. The molecule has 1 amide bonds. The summed E-state index contributed by atoms with van der Waals surface area (Å²) >= 11 is 6.13. The summed E-state index contributed by atoms with van der Waals surface area (Å²) in [6, 6.07) is 19.8. The largest absolute Gasteiger partial charge is 0.478 e. The molecule has 1 aliphatic heterocycles. The molecule has 0 saturated heterocycles. The van der Waals surface area contributed by atoms with E-state index in [0.29, 0.717) is 46.2 Å². The Labute approximate surface area is 237 Å². The lowest BCUT2D eigenvalue weighted by Crippen LogP contribution is -2.48. The van der Waals surface area contributed by atoms with Gasteiger partial charge in [0.15, 0.2) is 5.58 Å². The second-order valence-corrected chi connectivity index (χ2v) is 11.8. The van der Waals surface area contributed by atoms with E-state index in [1.54, 1.807) is 30.3 Å². The zero-order valence-corrected chi connectivity index (χ0v) is 23.3. The Balaban J connectivity index is 1.30. The number of amides is 1. The van der Waals surface area contributed by atoms with E-state index in [2.05, 4.69) is 37.9 Å². The van der Waals surface area contributed by atoms with Gasteiger partial charge < -0.3 is 14.4 Å². The van der Waals surface area contributed by atoms with Gasteiger partial charge in [0.2, 0.25) is 5.89 Å². The zero-order chi connectivity index (χ0) is 28.2. The van der Waals surface area contributed by atoms with Crippen molar-refractivity contribution < 1.29 is 19.1 Å². The second kappa shape index (κ2) is 9.49. The van der Waals surface area contributed by atoms with Crippen molar-refractivity contribution in [1.29, 1.82) is 0 Å². The van der Waals surface area contributed by atoms with Gasteiger partial charge in [-0.1, -0.05) is 74.4 Å². The van der Waals surface area contributed by atoms with E-state index in [-0.39, 0.29) is 22.3 Å². The molecule has 0 unspecified atom stereocenters. The van der Waals surface area contributed by atoms with Crippen molar-refractivity contribution in [3.63, 3.8) is 0 Å². The number of rotatable bonds is 4. The Bertz CT molecular complexity index is 1730. The third kappa shape index (κ3) is 4.33. The molecule has 2 heterocycles. The van der Waals surface area contributed by atoms with Crippen LogP contribution in [0, 0.1) is 10.8 Å². The van der Waals surface area contributed by atoms with Gasteiger partial charge in [0.25, 0.3) is 5.91 Å². The summed E-state index contributed by atoms with van der Waals surface area (Å²) in [5.74, 6) is -0.608. The summed E-state index contributed by atoms with van der Waals surface area (Å²) < 4.78 is 6.00. The number of carboxylic acids is 1. The third-order valence-corrected chi connectivity index (χ3v) is 8.51. The van der Waals surface area contributed by atoms with Gasteiger partial charge in [-0.15, -0.1) is 0 Å². The van der Waals surface area contributed by atoms with E-state index in [9.17, 15) is 14.7 Å². The fraction of sp³-hybridized carbons (Fsp3) is 0.242. The minimum atomic E-state index is -0.933. The maximum Gasteiger partial charge on any atom is 0.335 e. The van der Waals surface area contributed by atoms with Crippen molar-refractivity contribution in [3.8, 4) is 11.5 Å². The molecule has 40 heavy (non-hydrogen) atoms. The number of halogens is 1. The highest BCUT2D eigenvalue weighted by Crippen LogP contribution is 2.55. The van der Waals surface area contributed by atoms with Crippen LogP contribution in [0.4, 0.5) is 0 Å². The van der Waals surface area contributed by atoms with Gasteiger partial charge in [-0.2, -0.15) is 0 Å². The fourth-order valence-electron chi connectivity index (χ4n) is 6.40. The normalized spacial score (nSPS) is 20.1. The molecule has 202 valence electrons. The minimum Gasteiger partial charge on any atom is -0.478 e. The lowest BCUT2D eigenvalue weighted by molar-refractivity contribution is 0.0679. The number of hydrogen-bond acceptors (Lipinski definition) is 4. The van der Waals surface area contributed by atoms with E-state index in [1.807, 2.05) is 41.3 Å². The first-order valence-corrected chi connectivity index (χ1v) is 13.6. The summed E-state index contributed by atoms with van der Waals surface area (Å²) in [5, 5.41) is 9.85. The molecule has 0 fully saturated rings. The van der Waals surface area contributed by atoms with Gasteiger partial charge >= 0.3 is 5.97 Å². The Morgan fingerprint density at radius 2 is 1.75 bits per heavy atom. The first kappa shape index (κ1) is 26.1. The number of carboxylic acid groups (broad SMARTS) is 1. The zero-order valence-electron chi connectivity index (χ0n) is 22.6. The number of allylic oxidation sites excluding steroid dienone is 2. The molecule has 1 atom stereocenters. The molecule has 6 rings (SSSR count). The molecule has 0 saturated carbocycles. The molecule has 4 aromatic rings. The Morgan fingerprint density at radius 3 is 2.50 bits per heavy atom. The molecule has 0 spiro atoms. The number of carbonyl (C=O) groups is 2. The van der Waals surface area contributed by atoms with Gasteiger partial charge in [0.05, 0.1) is 11.1 Å². The number of aromatic carboxylic acids is 1. The number of hydrogen-bond donors (Lipinski definition) is 1. The number of benzene rings is 3. The summed E-state index contributed by atoms with van der Waals surface area (Å²) in [5.41, 5.74) is 5.72. The standard InChI is InChI=1S/C33H29ClN2O4/c1-32(2)25(20-8-10-21(11-9-20)31(38)39)14-16-33(3)19-36(17-15-28(32)33)30(37)24-7-5-4-6-23(24)29-35-26-13-12-22(34)18-27(26)40-29/h4-15,18H,16-17,19H2,1-3H3,(H,38,39)/t33-/m1/s1. The Morgan fingerprint density at radius 1 is 1.00 bits per heavy atom. The lowest BCUT2D eigenvalue weighted by atomic mass is 9.58. The molecule has 0 radical (unpaired) electrons. The Hall–Kier alpha value is -4.16. The average Bonchev–Trinajstić information content (AvgIpc) is 3.35. The highest BCUT2D eigenvalue weighted by Gasteiger charge is 2.46. The Kier molecular flexibility index (Phi) is 6.19. The predicted molar refractivity (Wildman–Crippen MR) is 156 cm³/mol. The highest BCUT2D eigenvalue weighted by molar-refractivity contribution is 6.31. The number of aromatic nitrogens is 1. The van der Waals surface area contributed by atoms with E-state index < -0.39 is 5.97 Å². The molecule has 1 N–H and O–H groups in total. The van der Waals surface area contributed by atoms with E-state index in [1.165, 1.54) is 11.1 Å². The smallest absolute Gasteiger partial charge is 0.335 e. The summed E-state index contributed by atoms with van der Waals surface area (Å²) in [4.78, 5) is 31.8. The number of nitrogens with zero attached hydrogens (tertiary/aromatic N) is 2. The van der Waals surface area contributed by atoms with Crippen LogP contribution in [0.1, 0.15) is 53.5 Å². The van der Waals surface area contributed by atoms with Crippen molar-refractivity contribution >= 4 is 40.2 Å². The van der Waals surface area contributed by atoms with Crippen molar-refractivity contribution in [2.45, 2.75) is 27.2 Å². The molecular weight excluding hydrogens is 524 g/mol. The van der Waals surface area contributed by atoms with Crippen LogP contribution in [0.15, 0.2) is 88.9 Å². The van der Waals surface area contributed by atoms with Crippen LogP contribution < -0.4 is 0 Å². The van der Waals surface area contributed by atoms with Crippen LogP contribution in [-0.2, 0) is 0 Å². The van der Waals surface area contributed by atoms with Crippen LogP contribution in [0.3, 0.4) is 0 Å². The third-order valence-electron chi connectivity index (χ3n) is 8.28. The highest BCUT2D eigenvalue weighted by atomic mass is 35.5. The minimum absolute atomic E-state index is 0.0655. The fourth-order valence-corrected chi connectivity index (χ4v) is 6.56. The maximum absolute atomic E-state index is 14.0. The molecule has 0 bridgehead atoms. The molecule has 1 aliphatic carbocycles. The first-order chi connectivity index (χ1) is 19.1. The van der Waals surface area contributed by atoms with Crippen molar-refractivity contribution in [2.24, 2.45) is 10.8 Å². The quantitative estimate of drug-likeness (QED) is 0.262. The monoisotopic (exact) mass is 552 g/mol. The van der Waals surface area contributed by atoms with Crippen molar-refractivity contribution in [1.82, 2.24) is 9.88 Å². The second-order valence-electron chi connectivity index (χ2n) is 11.4. The van der Waals surface area contributed by atoms with Gasteiger partial charge in [0, 0.05) is 40.6 Å². The van der Waals surface area contributed by atoms with Crippen LogP contribution >= 0.6 is 11.6 Å². The van der Waals surface area contributed by atoms with Crippen LogP contribution in [0.25, 0.3) is 28.1 Å². The first-order valence-electron chi connectivity index (χ1n) is 13.3. The average molecular weight is 553 g/mol. The van der Waals surface area contributed by atoms with Crippen LogP contribution in [0.5, 0.6) is 0 Å². The van der Waals surface area contributed by atoms with Gasteiger partial charge in [-0.3, -0.25) is 4.79 Å². The molecule has 6 nitrogen and oxygen atoms in total. The summed E-state index contributed by atoms with van der Waals surface area (Å²) in [6.07, 6.45) is 5.22. The lowest BCUT2D eigenvalue weighted by Gasteiger charge is -2.50. The van der Waals surface area contributed by atoms with E-state index >= 15 is 0 Å². The molecule has 3 aromatic carbocycles. The number of carbonyl (C=O) groups excluding carboxylic acids is 1. The summed E-state index contributed by atoms with van der Waals surface area (Å²) in [6.45, 7) is 7.71. The van der Waals surface area contributed by atoms with Gasteiger partial charge in [-0.25, -0.2) is 9.78 Å². The maximum atomic E-state index is 14.0. The van der Waals surface area contributed by atoms with Crippen LogP contribution in [0.2, 0.25) is 5.02 Å². The molecule has 2 aliphatic rings. The van der Waals surface area contributed by atoms with Crippen molar-refractivity contribution in [3.05, 3.63) is 106 Å². The van der Waals surface area contributed by atoms with E-state index in [0.717, 1.165) is 12.0 Å². The van der Waals surface area contributed by atoms with Crippen LogP contribution in [-0.4, -0.2) is 40.0 Å². The molecule has 1 aromatic heterocycles. The SMILES string of the molecule is CC1(C)C(c2ccc(C(=O)O)cc2)=CC[C@]2(C)CN(C(=O)c3ccccc3-c3nc4ccc(Cl)cc4o3)CC=C12. The van der Waals surface area contributed by atoms with Gasteiger partial charge in [-0.05, 0) is 54.0 Å². The number of fused-ring (bicyclic) bond motifs is 2. The van der Waals surface area contributed by atoms with E-state index in [4.69, 9.17) is 16.0 Å². The van der Waals surface area contributed by atoms with Gasteiger partial charge in [0.1, 0.15) is 5.52 Å². The summed E-state index contributed by atoms with van der Waals surface area (Å²) in [7, 11) is 0.